The molecule has 0 aromatic carbocycles. The van der Waals surface area contributed by atoms with Crippen molar-refractivity contribution in [3.8, 4) is 0 Å². The normalized spacial score (nSPS) is 15.1. The monoisotopic (exact) mass is 195 g/mol. The Balaban J connectivity index is 2.64. The van der Waals surface area contributed by atoms with Gasteiger partial charge in [0.2, 0.25) is 0 Å². The molecule has 0 aliphatic carbocycles. The summed E-state index contributed by atoms with van der Waals surface area (Å²) in [5, 5.41) is 0. The fourth-order valence-electron chi connectivity index (χ4n) is 1.22. The number of aromatic nitrogens is 1. The van der Waals surface area contributed by atoms with E-state index in [2.05, 4.69) is 4.98 Å². The quantitative estimate of drug-likeness (QED) is 0.736. The van der Waals surface area contributed by atoms with Gasteiger partial charge >= 0.3 is 0 Å². The van der Waals surface area contributed by atoms with Gasteiger partial charge in [-0.1, -0.05) is 6.07 Å². The molecule has 2 atom stereocenters. The Morgan fingerprint density at radius 3 is 2.86 bits per heavy atom. The van der Waals surface area contributed by atoms with E-state index in [1.807, 2.05) is 19.1 Å². The highest BCUT2D eigenvalue weighted by molar-refractivity contribution is 5.38. The van der Waals surface area contributed by atoms with E-state index in [4.69, 9.17) is 16.2 Å². The van der Waals surface area contributed by atoms with Crippen LogP contribution >= 0.6 is 0 Å². The summed E-state index contributed by atoms with van der Waals surface area (Å²) in [4.78, 5) is 4.00. The van der Waals surface area contributed by atoms with Gasteiger partial charge in [-0.3, -0.25) is 0 Å². The van der Waals surface area contributed by atoms with Crippen molar-refractivity contribution in [1.82, 2.24) is 4.98 Å². The van der Waals surface area contributed by atoms with E-state index in [1.165, 1.54) is 0 Å². The molecule has 0 radical (unpaired) electrons. The number of nitrogens with zero attached hydrogens (tertiary/aromatic N) is 1. The molecule has 4 N–H and O–H groups in total. The number of hydrogen-bond acceptors (Lipinski definition) is 4. The Kier molecular flexibility index (Phi) is 3.85. The highest BCUT2D eigenvalue weighted by Gasteiger charge is 2.13. The molecule has 2 unspecified atom stereocenters. The minimum absolute atomic E-state index is 0.0228. The van der Waals surface area contributed by atoms with Crippen LogP contribution in [-0.4, -0.2) is 24.2 Å². The van der Waals surface area contributed by atoms with Gasteiger partial charge in [0.1, 0.15) is 5.82 Å². The van der Waals surface area contributed by atoms with Crippen molar-refractivity contribution in [2.45, 2.75) is 25.5 Å². The standard InChI is InChI=1S/C10H17N3O/c1-7(14-2)9(11)6-8-4-3-5-13-10(8)12/h3-5,7,9H,6,11H2,1-2H3,(H2,12,13). The molecule has 4 heteroatoms. The Hall–Kier alpha value is -1.13. The molecule has 78 valence electrons. The van der Waals surface area contributed by atoms with Crippen molar-refractivity contribution in [2.75, 3.05) is 12.8 Å². The van der Waals surface area contributed by atoms with Crippen LogP contribution in [0.5, 0.6) is 0 Å². The van der Waals surface area contributed by atoms with E-state index in [0.717, 1.165) is 5.56 Å². The third-order valence-electron chi connectivity index (χ3n) is 2.36. The van der Waals surface area contributed by atoms with Crippen LogP contribution in [0.4, 0.5) is 5.82 Å². The molecule has 1 heterocycles. The van der Waals surface area contributed by atoms with Gasteiger partial charge in [0.05, 0.1) is 6.10 Å². The smallest absolute Gasteiger partial charge is 0.126 e. The maximum Gasteiger partial charge on any atom is 0.126 e. The Morgan fingerprint density at radius 1 is 1.57 bits per heavy atom. The molecule has 0 amide bonds. The zero-order chi connectivity index (χ0) is 10.6. The molecule has 1 rings (SSSR count). The summed E-state index contributed by atoms with van der Waals surface area (Å²) < 4.78 is 5.14. The molecule has 0 spiro atoms. The van der Waals surface area contributed by atoms with Crippen LogP contribution in [-0.2, 0) is 11.2 Å². The van der Waals surface area contributed by atoms with Crippen molar-refractivity contribution in [3.63, 3.8) is 0 Å². The van der Waals surface area contributed by atoms with Crippen LogP contribution in [0.1, 0.15) is 12.5 Å². The number of methoxy groups -OCH3 is 1. The fraction of sp³-hybridized carbons (Fsp3) is 0.500. The van der Waals surface area contributed by atoms with Crippen LogP contribution < -0.4 is 11.5 Å². The lowest BCUT2D eigenvalue weighted by Gasteiger charge is -2.18. The Labute approximate surface area is 84.3 Å². The highest BCUT2D eigenvalue weighted by Crippen LogP contribution is 2.11. The summed E-state index contributed by atoms with van der Waals surface area (Å²) in [7, 11) is 1.65. The van der Waals surface area contributed by atoms with E-state index in [0.29, 0.717) is 12.2 Å². The summed E-state index contributed by atoms with van der Waals surface area (Å²) in [6.07, 6.45) is 2.38. The van der Waals surface area contributed by atoms with Crippen LogP contribution in [0.25, 0.3) is 0 Å². The maximum absolute atomic E-state index is 5.92. The van der Waals surface area contributed by atoms with Gasteiger partial charge in [0, 0.05) is 19.3 Å². The molecule has 4 nitrogen and oxygen atoms in total. The van der Waals surface area contributed by atoms with Gasteiger partial charge < -0.3 is 16.2 Å². The van der Waals surface area contributed by atoms with Gasteiger partial charge in [-0.05, 0) is 25.0 Å². The second kappa shape index (κ2) is 4.93. The molecule has 0 saturated carbocycles. The minimum atomic E-state index is -0.0495. The second-order valence-corrected chi connectivity index (χ2v) is 3.36. The SMILES string of the molecule is COC(C)C(N)Cc1cccnc1N. The molecule has 0 bridgehead atoms. The summed E-state index contributed by atoms with van der Waals surface area (Å²) in [5.74, 6) is 0.547. The first-order chi connectivity index (χ1) is 6.65. The number of hydrogen-bond donors (Lipinski definition) is 2. The van der Waals surface area contributed by atoms with E-state index >= 15 is 0 Å². The van der Waals surface area contributed by atoms with Crippen molar-refractivity contribution in [3.05, 3.63) is 23.9 Å². The lowest BCUT2D eigenvalue weighted by molar-refractivity contribution is 0.0956. The molecule has 14 heavy (non-hydrogen) atoms. The van der Waals surface area contributed by atoms with Gasteiger partial charge in [0.15, 0.2) is 0 Å². The Morgan fingerprint density at radius 2 is 2.29 bits per heavy atom. The Bertz CT molecular complexity index is 290. The topological polar surface area (TPSA) is 74.2 Å². The maximum atomic E-state index is 5.92. The molecule has 0 saturated heterocycles. The average Bonchev–Trinajstić information content (AvgIpc) is 2.20. The third-order valence-corrected chi connectivity index (χ3v) is 2.36. The molecular formula is C10H17N3O. The van der Waals surface area contributed by atoms with E-state index in [-0.39, 0.29) is 12.1 Å². The van der Waals surface area contributed by atoms with Crippen molar-refractivity contribution in [1.29, 1.82) is 0 Å². The molecule has 0 aliphatic rings. The van der Waals surface area contributed by atoms with Crippen molar-refractivity contribution in [2.24, 2.45) is 5.73 Å². The second-order valence-electron chi connectivity index (χ2n) is 3.36. The lowest BCUT2D eigenvalue weighted by Crippen LogP contribution is -2.36. The van der Waals surface area contributed by atoms with Crippen molar-refractivity contribution >= 4 is 5.82 Å². The first-order valence-electron chi connectivity index (χ1n) is 4.63. The number of rotatable bonds is 4. The lowest BCUT2D eigenvalue weighted by atomic mass is 10.0. The third kappa shape index (κ3) is 2.68. The summed E-state index contributed by atoms with van der Waals surface area (Å²) in [6, 6.07) is 3.74. The molecule has 1 aromatic rings. The van der Waals surface area contributed by atoms with Gasteiger partial charge in [-0.2, -0.15) is 0 Å². The summed E-state index contributed by atoms with van der Waals surface area (Å²) in [5.41, 5.74) is 12.6. The molecule has 1 aromatic heterocycles. The number of nitrogens with two attached hydrogens (primary N) is 2. The summed E-state index contributed by atoms with van der Waals surface area (Å²) in [6.45, 7) is 1.94. The van der Waals surface area contributed by atoms with Crippen molar-refractivity contribution < 1.29 is 4.74 Å². The molecular weight excluding hydrogens is 178 g/mol. The number of pyridine rings is 1. The fourth-order valence-corrected chi connectivity index (χ4v) is 1.22. The zero-order valence-corrected chi connectivity index (χ0v) is 8.60. The van der Waals surface area contributed by atoms with Gasteiger partial charge in [-0.25, -0.2) is 4.98 Å². The zero-order valence-electron chi connectivity index (χ0n) is 8.60. The van der Waals surface area contributed by atoms with Crippen LogP contribution in [0, 0.1) is 0 Å². The molecule has 0 aliphatic heterocycles. The number of anilines is 1. The van der Waals surface area contributed by atoms with E-state index < -0.39 is 0 Å². The first-order valence-corrected chi connectivity index (χ1v) is 4.63. The predicted molar refractivity (Wildman–Crippen MR) is 56.8 cm³/mol. The van der Waals surface area contributed by atoms with Crippen LogP contribution in [0.3, 0.4) is 0 Å². The van der Waals surface area contributed by atoms with Crippen LogP contribution in [0.2, 0.25) is 0 Å². The predicted octanol–water partition coefficient (Wildman–Crippen LogP) is 0.569. The largest absolute Gasteiger partial charge is 0.383 e. The number of nitrogen functional groups attached to an aromatic ring is 1. The van der Waals surface area contributed by atoms with Gasteiger partial charge in [0.25, 0.3) is 0 Å². The van der Waals surface area contributed by atoms with E-state index in [9.17, 15) is 0 Å². The number of ether oxygens (including phenoxy) is 1. The average molecular weight is 195 g/mol. The van der Waals surface area contributed by atoms with Crippen LogP contribution in [0.15, 0.2) is 18.3 Å². The summed E-state index contributed by atoms with van der Waals surface area (Å²) >= 11 is 0. The highest BCUT2D eigenvalue weighted by atomic mass is 16.5. The molecule has 0 fully saturated rings. The van der Waals surface area contributed by atoms with E-state index in [1.54, 1.807) is 13.3 Å². The first kappa shape index (κ1) is 10.9. The van der Waals surface area contributed by atoms with Gasteiger partial charge in [-0.15, -0.1) is 0 Å². The minimum Gasteiger partial charge on any atom is -0.383 e.